The molecule has 0 heterocycles. The van der Waals surface area contributed by atoms with Gasteiger partial charge in [-0.3, -0.25) is 9.36 Å². The van der Waals surface area contributed by atoms with Crippen molar-refractivity contribution in [3.05, 3.63) is 64.2 Å². The smallest absolute Gasteiger partial charge is 0.298 e. The molecule has 0 saturated heterocycles. The molecule has 0 aliphatic rings. The molecule has 170 valence electrons. The first kappa shape index (κ1) is 25.6. The van der Waals surface area contributed by atoms with E-state index in [4.69, 9.17) is 0 Å². The van der Waals surface area contributed by atoms with Crippen LogP contribution >= 0.6 is 7.37 Å². The summed E-state index contributed by atoms with van der Waals surface area (Å²) in [5, 5.41) is 0.218. The van der Waals surface area contributed by atoms with Crippen LogP contribution in [0.1, 0.15) is 97.8 Å². The summed E-state index contributed by atoms with van der Waals surface area (Å²) in [6, 6.07) is 11.1. The van der Waals surface area contributed by atoms with Gasteiger partial charge in [-0.1, -0.05) is 76.6 Å². The number of carbonyl (C=O) groups excluding carboxylic acids is 1. The highest BCUT2D eigenvalue weighted by atomic mass is 31.2. The molecule has 0 aliphatic heterocycles. The Morgan fingerprint density at radius 3 is 1.84 bits per heavy atom. The summed E-state index contributed by atoms with van der Waals surface area (Å²) < 4.78 is 13.2. The molecule has 2 aromatic carbocycles. The molecule has 0 fully saturated rings. The molecular formula is C27H39O3P. The predicted molar refractivity (Wildman–Crippen MR) is 132 cm³/mol. The molecule has 0 saturated carbocycles. The number of carbonyl (C=O) groups is 1. The van der Waals surface area contributed by atoms with Crippen LogP contribution in [0, 0.1) is 13.8 Å². The first-order valence-electron chi connectivity index (χ1n) is 11.9. The molecular weight excluding hydrogens is 403 g/mol. The third-order valence-corrected chi connectivity index (χ3v) is 7.78. The molecule has 1 N–H and O–H groups in total. The number of unbranched alkanes of at least 4 members (excludes halogenated alkanes) is 6. The molecule has 3 nitrogen and oxygen atoms in total. The monoisotopic (exact) mass is 442 g/mol. The van der Waals surface area contributed by atoms with Gasteiger partial charge in [0.1, 0.15) is 0 Å². The van der Waals surface area contributed by atoms with Crippen molar-refractivity contribution in [3.8, 4) is 0 Å². The first-order valence-corrected chi connectivity index (χ1v) is 13.5. The van der Waals surface area contributed by atoms with Gasteiger partial charge < -0.3 is 4.89 Å². The Kier molecular flexibility index (Phi) is 10.2. The third-order valence-electron chi connectivity index (χ3n) is 6.01. The Hall–Kier alpha value is -1.70. The molecule has 1 unspecified atom stereocenters. The van der Waals surface area contributed by atoms with Crippen LogP contribution in [0.2, 0.25) is 0 Å². The fraction of sp³-hybridized carbons (Fsp3) is 0.519. The normalized spacial score (nSPS) is 13.2. The van der Waals surface area contributed by atoms with E-state index >= 15 is 0 Å². The number of rotatable bonds is 13. The second-order valence-corrected chi connectivity index (χ2v) is 10.8. The van der Waals surface area contributed by atoms with Crippen molar-refractivity contribution in [2.75, 3.05) is 0 Å². The van der Waals surface area contributed by atoms with E-state index in [0.717, 1.165) is 48.8 Å². The maximum atomic E-state index is 13.2. The Balaban J connectivity index is 2.14. The van der Waals surface area contributed by atoms with Crippen LogP contribution in [-0.4, -0.2) is 10.4 Å². The van der Waals surface area contributed by atoms with Gasteiger partial charge in [0.05, 0.1) is 0 Å². The zero-order valence-corrected chi connectivity index (χ0v) is 20.6. The summed E-state index contributed by atoms with van der Waals surface area (Å²) in [7, 11) is -4.15. The van der Waals surface area contributed by atoms with E-state index in [9.17, 15) is 14.3 Å². The zero-order chi connectivity index (χ0) is 22.9. The molecule has 4 heteroatoms. The fourth-order valence-electron chi connectivity index (χ4n) is 4.18. The van der Waals surface area contributed by atoms with Crippen molar-refractivity contribution < 1.29 is 14.3 Å². The van der Waals surface area contributed by atoms with E-state index in [1.54, 1.807) is 12.1 Å². The Morgan fingerprint density at radius 1 is 0.774 bits per heavy atom. The van der Waals surface area contributed by atoms with Crippen LogP contribution in [-0.2, 0) is 17.4 Å². The van der Waals surface area contributed by atoms with Crippen molar-refractivity contribution in [1.29, 1.82) is 0 Å². The maximum Gasteiger partial charge on any atom is 0.298 e. The van der Waals surface area contributed by atoms with Gasteiger partial charge >= 0.3 is 0 Å². The van der Waals surface area contributed by atoms with Crippen LogP contribution in [0.25, 0.3) is 0 Å². The predicted octanol–water partition coefficient (Wildman–Crippen LogP) is 7.29. The topological polar surface area (TPSA) is 54.4 Å². The lowest BCUT2D eigenvalue weighted by Crippen LogP contribution is -2.15. The van der Waals surface area contributed by atoms with Gasteiger partial charge in [0.2, 0.25) is 0 Å². The molecule has 2 aromatic rings. The number of aryl methyl sites for hydroxylation is 4. The lowest BCUT2D eigenvalue weighted by molar-refractivity contribution is 0.106. The molecule has 2 rings (SSSR count). The van der Waals surface area contributed by atoms with Crippen molar-refractivity contribution >= 4 is 18.2 Å². The van der Waals surface area contributed by atoms with Crippen LogP contribution in [0.3, 0.4) is 0 Å². The van der Waals surface area contributed by atoms with E-state index in [0.29, 0.717) is 5.56 Å². The highest BCUT2D eigenvalue weighted by molar-refractivity contribution is 7.82. The molecule has 31 heavy (non-hydrogen) atoms. The van der Waals surface area contributed by atoms with Crippen LogP contribution in [0.5, 0.6) is 0 Å². The summed E-state index contributed by atoms with van der Waals surface area (Å²) in [5.74, 6) is 0. The summed E-state index contributed by atoms with van der Waals surface area (Å²) in [5.41, 5.74) is 3.66. The van der Waals surface area contributed by atoms with E-state index in [2.05, 4.69) is 13.8 Å². The van der Waals surface area contributed by atoms with Crippen molar-refractivity contribution in [1.82, 2.24) is 0 Å². The van der Waals surface area contributed by atoms with E-state index in [1.807, 2.05) is 38.1 Å². The second kappa shape index (κ2) is 12.4. The summed E-state index contributed by atoms with van der Waals surface area (Å²) in [4.78, 5) is 23.9. The highest BCUT2D eigenvalue weighted by Gasteiger charge is 2.34. The number of benzene rings is 2. The molecule has 1 atom stereocenters. The van der Waals surface area contributed by atoms with Gasteiger partial charge in [-0.05, 0) is 73.9 Å². The highest BCUT2D eigenvalue weighted by Crippen LogP contribution is 2.44. The third kappa shape index (κ3) is 7.16. The van der Waals surface area contributed by atoms with Crippen LogP contribution < -0.4 is 5.30 Å². The van der Waals surface area contributed by atoms with E-state index in [-0.39, 0.29) is 5.30 Å². The van der Waals surface area contributed by atoms with E-state index < -0.39 is 12.9 Å². The summed E-state index contributed by atoms with van der Waals surface area (Å²) in [6.07, 6.45) is 11.5. The summed E-state index contributed by atoms with van der Waals surface area (Å²) >= 11 is 0. The molecule has 0 radical (unpaired) electrons. The van der Waals surface area contributed by atoms with Gasteiger partial charge in [0.25, 0.3) is 12.9 Å². The Morgan fingerprint density at radius 2 is 1.26 bits per heavy atom. The second-order valence-electron chi connectivity index (χ2n) is 8.77. The first-order chi connectivity index (χ1) is 14.8. The lowest BCUT2D eigenvalue weighted by Gasteiger charge is -2.16. The van der Waals surface area contributed by atoms with Gasteiger partial charge in [-0.15, -0.1) is 0 Å². The van der Waals surface area contributed by atoms with Crippen LogP contribution in [0.15, 0.2) is 36.4 Å². The van der Waals surface area contributed by atoms with Crippen LogP contribution in [0.4, 0.5) is 0 Å². The SMILES string of the molecule is CCCCCCCc1cc(C)c(C(=O)P(=O)(O)c2ccc(CCCCC)cc2)c(C)c1. The average molecular weight is 443 g/mol. The molecule has 0 bridgehead atoms. The molecule has 0 aromatic heterocycles. The summed E-state index contributed by atoms with van der Waals surface area (Å²) in [6.45, 7) is 8.13. The average Bonchev–Trinajstić information content (AvgIpc) is 2.73. The van der Waals surface area contributed by atoms with Gasteiger partial charge in [-0.25, -0.2) is 0 Å². The standard InChI is InChI=1S/C27H39O3P/c1-5-7-9-10-12-14-24-19-21(3)26(22(4)20-24)27(28)31(29,30)25-17-15-23(16-18-25)13-11-8-6-2/h15-20H,5-14H2,1-4H3,(H,29,30). The minimum absolute atomic E-state index is 0.218. The Bertz CT molecular complexity index is 876. The van der Waals surface area contributed by atoms with Gasteiger partial charge in [0.15, 0.2) is 0 Å². The molecule has 0 spiro atoms. The molecule has 0 amide bonds. The number of hydrogen-bond donors (Lipinski definition) is 1. The lowest BCUT2D eigenvalue weighted by atomic mass is 9.97. The largest absolute Gasteiger partial charge is 0.336 e. The van der Waals surface area contributed by atoms with E-state index in [1.165, 1.54) is 37.7 Å². The Labute approximate surface area is 188 Å². The minimum atomic E-state index is -4.15. The molecule has 0 aliphatic carbocycles. The quantitative estimate of drug-likeness (QED) is 0.262. The van der Waals surface area contributed by atoms with Crippen molar-refractivity contribution in [2.24, 2.45) is 0 Å². The zero-order valence-electron chi connectivity index (χ0n) is 19.7. The van der Waals surface area contributed by atoms with Crippen molar-refractivity contribution in [2.45, 2.75) is 91.9 Å². The van der Waals surface area contributed by atoms with Gasteiger partial charge in [0, 0.05) is 10.9 Å². The van der Waals surface area contributed by atoms with Crippen molar-refractivity contribution in [3.63, 3.8) is 0 Å². The fourth-order valence-corrected chi connectivity index (χ4v) is 5.62. The maximum absolute atomic E-state index is 13.2. The number of hydrogen-bond acceptors (Lipinski definition) is 2. The van der Waals surface area contributed by atoms with Gasteiger partial charge in [-0.2, -0.15) is 0 Å². The minimum Gasteiger partial charge on any atom is -0.336 e.